The van der Waals surface area contributed by atoms with Crippen LogP contribution >= 0.6 is 0 Å². The van der Waals surface area contributed by atoms with Crippen LogP contribution in [0.25, 0.3) is 11.3 Å². The molecule has 0 bridgehead atoms. The molecule has 0 radical (unpaired) electrons. The summed E-state index contributed by atoms with van der Waals surface area (Å²) in [5.74, 6) is 0. The average molecular weight is 241 g/mol. The molecule has 3 heteroatoms. The van der Waals surface area contributed by atoms with E-state index in [2.05, 4.69) is 0 Å². The van der Waals surface area contributed by atoms with Gasteiger partial charge in [0.1, 0.15) is 0 Å². The Balaban J connectivity index is 2.65. The maximum atomic E-state index is 12.0. The molecule has 3 nitrogen and oxygen atoms in total. The van der Waals surface area contributed by atoms with E-state index >= 15 is 0 Å². The number of pyridine rings is 1. The van der Waals surface area contributed by atoms with Crippen LogP contribution in [0.3, 0.4) is 0 Å². The van der Waals surface area contributed by atoms with E-state index in [-0.39, 0.29) is 11.1 Å². The molecule has 0 fully saturated rings. The molecular formula is C15H15NO2. The highest BCUT2D eigenvalue weighted by atomic mass is 16.1. The quantitative estimate of drug-likeness (QED) is 0.775. The molecule has 0 aliphatic carbocycles. The summed E-state index contributed by atoms with van der Waals surface area (Å²) in [5.41, 5.74) is 2.97. The molecule has 1 aromatic carbocycles. The first-order chi connectivity index (χ1) is 8.67. The lowest BCUT2D eigenvalue weighted by Crippen LogP contribution is -2.24. The Bertz CT molecular complexity index is 624. The fraction of sp³-hybridized carbons (Fsp3) is 0.200. The Labute approximate surface area is 106 Å². The first-order valence-electron chi connectivity index (χ1n) is 5.93. The van der Waals surface area contributed by atoms with Crippen LogP contribution in [0.15, 0.2) is 41.2 Å². The van der Waals surface area contributed by atoms with Crippen molar-refractivity contribution in [2.24, 2.45) is 0 Å². The van der Waals surface area contributed by atoms with Crippen LogP contribution in [0.5, 0.6) is 0 Å². The van der Waals surface area contributed by atoms with Gasteiger partial charge in [-0.05, 0) is 31.5 Å². The van der Waals surface area contributed by atoms with E-state index in [4.69, 9.17) is 0 Å². The molecule has 0 spiro atoms. The summed E-state index contributed by atoms with van der Waals surface area (Å²) >= 11 is 0. The van der Waals surface area contributed by atoms with E-state index in [0.29, 0.717) is 12.8 Å². The van der Waals surface area contributed by atoms with E-state index in [1.54, 1.807) is 10.6 Å². The maximum Gasteiger partial charge on any atom is 0.261 e. The van der Waals surface area contributed by atoms with Crippen molar-refractivity contribution in [1.29, 1.82) is 0 Å². The Morgan fingerprint density at radius 3 is 2.33 bits per heavy atom. The van der Waals surface area contributed by atoms with Crippen molar-refractivity contribution in [3.8, 4) is 11.3 Å². The van der Waals surface area contributed by atoms with Crippen molar-refractivity contribution in [3.05, 3.63) is 57.9 Å². The number of rotatable bonds is 3. The molecule has 0 amide bonds. The van der Waals surface area contributed by atoms with Crippen LogP contribution in [-0.2, 0) is 6.54 Å². The third-order valence-corrected chi connectivity index (χ3v) is 2.99. The summed E-state index contributed by atoms with van der Waals surface area (Å²) in [7, 11) is 0. The number of aromatic nitrogens is 1. The molecule has 0 aliphatic heterocycles. The third kappa shape index (κ3) is 2.12. The van der Waals surface area contributed by atoms with Crippen LogP contribution < -0.4 is 5.56 Å². The lowest BCUT2D eigenvalue weighted by atomic mass is 10.1. The molecule has 0 N–H and O–H groups in total. The van der Waals surface area contributed by atoms with Crippen LogP contribution in [-0.4, -0.2) is 10.9 Å². The molecule has 0 aliphatic rings. The summed E-state index contributed by atoms with van der Waals surface area (Å²) < 4.78 is 1.62. The van der Waals surface area contributed by atoms with Gasteiger partial charge in [-0.25, -0.2) is 0 Å². The van der Waals surface area contributed by atoms with Crippen molar-refractivity contribution < 1.29 is 4.79 Å². The number of aldehydes is 1. The molecule has 2 aromatic rings. The van der Waals surface area contributed by atoms with Crippen molar-refractivity contribution >= 4 is 6.29 Å². The molecule has 0 unspecified atom stereocenters. The fourth-order valence-corrected chi connectivity index (χ4v) is 1.98. The van der Waals surface area contributed by atoms with Gasteiger partial charge < -0.3 is 4.57 Å². The molecular weight excluding hydrogens is 226 g/mol. The Morgan fingerprint density at radius 1 is 1.11 bits per heavy atom. The first kappa shape index (κ1) is 12.3. The molecule has 1 aromatic heterocycles. The minimum Gasteiger partial charge on any atom is -0.308 e. The van der Waals surface area contributed by atoms with E-state index in [1.807, 2.05) is 44.2 Å². The summed E-state index contributed by atoms with van der Waals surface area (Å²) in [6, 6.07) is 11.4. The second kappa shape index (κ2) is 5.00. The standard InChI is InChI=1S/C15H15NO2/c1-3-16-14(9-8-13(10-17)15(16)18)12-6-4-11(2)5-7-12/h4-10H,3H2,1-2H3. The second-order valence-corrected chi connectivity index (χ2v) is 4.21. The van der Waals surface area contributed by atoms with Crippen LogP contribution in [0, 0.1) is 6.92 Å². The molecule has 92 valence electrons. The molecule has 2 rings (SSSR count). The minimum absolute atomic E-state index is 0.202. The Hall–Kier alpha value is -2.16. The van der Waals surface area contributed by atoms with Gasteiger partial charge in [0.2, 0.25) is 0 Å². The monoisotopic (exact) mass is 241 g/mol. The summed E-state index contributed by atoms with van der Waals surface area (Å²) in [6.07, 6.45) is 0.605. The summed E-state index contributed by atoms with van der Waals surface area (Å²) in [4.78, 5) is 22.8. The molecule has 0 saturated carbocycles. The van der Waals surface area contributed by atoms with Gasteiger partial charge in [0.15, 0.2) is 6.29 Å². The van der Waals surface area contributed by atoms with Gasteiger partial charge >= 0.3 is 0 Å². The lowest BCUT2D eigenvalue weighted by Gasteiger charge is -2.11. The smallest absolute Gasteiger partial charge is 0.261 e. The van der Waals surface area contributed by atoms with Gasteiger partial charge in [-0.1, -0.05) is 29.8 Å². The van der Waals surface area contributed by atoms with Gasteiger partial charge in [0, 0.05) is 6.54 Å². The van der Waals surface area contributed by atoms with Crippen molar-refractivity contribution in [2.75, 3.05) is 0 Å². The van der Waals surface area contributed by atoms with Crippen LogP contribution in [0.4, 0.5) is 0 Å². The molecule has 18 heavy (non-hydrogen) atoms. The number of carbonyl (C=O) groups excluding carboxylic acids is 1. The zero-order chi connectivity index (χ0) is 13.1. The van der Waals surface area contributed by atoms with Crippen molar-refractivity contribution in [3.63, 3.8) is 0 Å². The highest BCUT2D eigenvalue weighted by molar-refractivity contribution is 5.75. The zero-order valence-corrected chi connectivity index (χ0v) is 10.5. The van der Waals surface area contributed by atoms with Gasteiger partial charge in [-0.2, -0.15) is 0 Å². The number of benzene rings is 1. The van der Waals surface area contributed by atoms with Gasteiger partial charge in [-0.3, -0.25) is 9.59 Å². The number of carbonyl (C=O) groups is 1. The summed E-state index contributed by atoms with van der Waals surface area (Å²) in [5, 5.41) is 0. The molecule has 0 saturated heterocycles. The first-order valence-corrected chi connectivity index (χ1v) is 5.93. The lowest BCUT2D eigenvalue weighted by molar-refractivity contribution is 0.112. The number of nitrogens with zero attached hydrogens (tertiary/aromatic N) is 1. The minimum atomic E-state index is -0.231. The normalized spacial score (nSPS) is 10.3. The van der Waals surface area contributed by atoms with Crippen molar-refractivity contribution in [2.45, 2.75) is 20.4 Å². The van der Waals surface area contributed by atoms with E-state index < -0.39 is 0 Å². The third-order valence-electron chi connectivity index (χ3n) is 2.99. The van der Waals surface area contributed by atoms with E-state index in [9.17, 15) is 9.59 Å². The Morgan fingerprint density at radius 2 is 1.78 bits per heavy atom. The molecule has 1 heterocycles. The largest absolute Gasteiger partial charge is 0.308 e. The SMILES string of the molecule is CCn1c(-c2ccc(C)cc2)ccc(C=O)c1=O. The molecule has 0 atom stereocenters. The van der Waals surface area contributed by atoms with Crippen molar-refractivity contribution in [1.82, 2.24) is 4.57 Å². The van der Waals surface area contributed by atoms with Gasteiger partial charge in [-0.15, -0.1) is 0 Å². The van der Waals surface area contributed by atoms with Gasteiger partial charge in [0.05, 0.1) is 11.3 Å². The topological polar surface area (TPSA) is 39.1 Å². The van der Waals surface area contributed by atoms with Crippen LogP contribution in [0.1, 0.15) is 22.8 Å². The highest BCUT2D eigenvalue weighted by Gasteiger charge is 2.08. The average Bonchev–Trinajstić information content (AvgIpc) is 2.39. The predicted octanol–water partition coefficient (Wildman–Crippen LogP) is 2.66. The van der Waals surface area contributed by atoms with Gasteiger partial charge in [0.25, 0.3) is 5.56 Å². The fourth-order valence-electron chi connectivity index (χ4n) is 1.98. The number of hydrogen-bond acceptors (Lipinski definition) is 2. The number of aryl methyl sites for hydroxylation is 1. The number of hydrogen-bond donors (Lipinski definition) is 0. The zero-order valence-electron chi connectivity index (χ0n) is 10.5. The summed E-state index contributed by atoms with van der Waals surface area (Å²) in [6.45, 7) is 4.46. The second-order valence-electron chi connectivity index (χ2n) is 4.21. The van der Waals surface area contributed by atoms with E-state index in [1.165, 1.54) is 5.56 Å². The maximum absolute atomic E-state index is 12.0. The van der Waals surface area contributed by atoms with Crippen LogP contribution in [0.2, 0.25) is 0 Å². The predicted molar refractivity (Wildman–Crippen MR) is 71.9 cm³/mol. The highest BCUT2D eigenvalue weighted by Crippen LogP contribution is 2.18. The Kier molecular flexibility index (Phi) is 3.42. The van der Waals surface area contributed by atoms with E-state index in [0.717, 1.165) is 11.3 Å².